The maximum absolute atomic E-state index is 10.3. The van der Waals surface area contributed by atoms with Crippen LogP contribution >= 0.6 is 0 Å². The lowest BCUT2D eigenvalue weighted by atomic mass is 10.0. The van der Waals surface area contributed by atoms with Crippen molar-refractivity contribution in [1.82, 2.24) is 0 Å². The molecule has 3 aromatic carbocycles. The fraction of sp³-hybridized carbons (Fsp3) is 0.0526. The molecule has 0 spiro atoms. The van der Waals surface area contributed by atoms with Crippen molar-refractivity contribution in [3.8, 4) is 5.75 Å². The number of aliphatic hydroxyl groups is 1. The van der Waals surface area contributed by atoms with Crippen LogP contribution in [-0.4, -0.2) is 16.4 Å². The molecular weight excluding hydrogens is 274 g/mol. The Labute approximate surface area is 128 Å². The van der Waals surface area contributed by atoms with Crippen LogP contribution in [0.5, 0.6) is 5.75 Å². The van der Waals surface area contributed by atoms with Crippen LogP contribution in [0, 0.1) is 0 Å². The average molecular weight is 289 g/mol. The first kappa shape index (κ1) is 12.9. The van der Waals surface area contributed by atoms with Crippen LogP contribution in [0.2, 0.25) is 0 Å². The van der Waals surface area contributed by atoms with Gasteiger partial charge in [-0.25, -0.2) is 0 Å². The monoisotopic (exact) mass is 289 g/mol. The van der Waals surface area contributed by atoms with Crippen molar-refractivity contribution in [3.05, 3.63) is 71.8 Å². The predicted molar refractivity (Wildman–Crippen MR) is 89.6 cm³/mol. The lowest BCUT2D eigenvalue weighted by Crippen LogP contribution is -2.12. The first-order valence-electron chi connectivity index (χ1n) is 7.20. The molecule has 3 nitrogen and oxygen atoms in total. The fourth-order valence-corrected chi connectivity index (χ4v) is 2.92. The Morgan fingerprint density at radius 1 is 0.909 bits per heavy atom. The fourth-order valence-electron chi connectivity index (χ4n) is 2.92. The first-order valence-corrected chi connectivity index (χ1v) is 7.20. The number of anilines is 1. The van der Waals surface area contributed by atoms with E-state index in [1.165, 1.54) is 0 Å². The van der Waals surface area contributed by atoms with E-state index in [1.807, 2.05) is 60.7 Å². The van der Waals surface area contributed by atoms with Gasteiger partial charge in [-0.3, -0.25) is 0 Å². The normalized spacial score (nSPS) is 18.4. The Bertz CT molecular complexity index is 899. The van der Waals surface area contributed by atoms with Gasteiger partial charge >= 0.3 is 0 Å². The van der Waals surface area contributed by atoms with Gasteiger partial charge in [-0.2, -0.15) is 0 Å². The van der Waals surface area contributed by atoms with Crippen LogP contribution in [0.1, 0.15) is 11.1 Å². The molecule has 108 valence electrons. The summed E-state index contributed by atoms with van der Waals surface area (Å²) in [6.45, 7) is 0. The molecule has 3 aromatic rings. The average Bonchev–Trinajstić information content (AvgIpc) is 2.84. The summed E-state index contributed by atoms with van der Waals surface area (Å²) in [5.41, 5.74) is 3.33. The second-order valence-electron chi connectivity index (χ2n) is 5.45. The van der Waals surface area contributed by atoms with Crippen LogP contribution in [0.4, 0.5) is 5.69 Å². The van der Waals surface area contributed by atoms with Crippen LogP contribution in [0.3, 0.4) is 0 Å². The molecule has 0 saturated heterocycles. The molecule has 1 heterocycles. The number of benzene rings is 3. The van der Waals surface area contributed by atoms with Crippen molar-refractivity contribution in [2.75, 3.05) is 5.32 Å². The Balaban J connectivity index is 1.88. The number of nitrogens with one attached hydrogen (secondary N) is 1. The molecule has 22 heavy (non-hydrogen) atoms. The topological polar surface area (TPSA) is 52.5 Å². The number of rotatable bonds is 1. The summed E-state index contributed by atoms with van der Waals surface area (Å²) in [5.74, 6) is 0.211. The van der Waals surface area contributed by atoms with Crippen LogP contribution in [0.15, 0.2) is 60.7 Å². The lowest BCUT2D eigenvalue weighted by Gasteiger charge is -2.08. The van der Waals surface area contributed by atoms with Gasteiger partial charge in [0.1, 0.15) is 5.75 Å². The third kappa shape index (κ3) is 2.03. The van der Waals surface area contributed by atoms with Gasteiger partial charge in [0, 0.05) is 22.4 Å². The summed E-state index contributed by atoms with van der Waals surface area (Å²) in [5, 5.41) is 25.6. The molecule has 3 heteroatoms. The number of hydrogen-bond donors (Lipinski definition) is 3. The minimum atomic E-state index is -0.761. The maximum Gasteiger partial charge on any atom is 0.151 e. The molecule has 0 saturated carbocycles. The Morgan fingerprint density at radius 3 is 2.41 bits per heavy atom. The highest BCUT2D eigenvalue weighted by Gasteiger charge is 2.23. The second-order valence-corrected chi connectivity index (χ2v) is 5.45. The molecule has 0 amide bonds. The van der Waals surface area contributed by atoms with E-state index >= 15 is 0 Å². The first-order chi connectivity index (χ1) is 10.7. The van der Waals surface area contributed by atoms with E-state index in [4.69, 9.17) is 0 Å². The minimum absolute atomic E-state index is 0.211. The Kier molecular flexibility index (Phi) is 2.88. The van der Waals surface area contributed by atoms with Gasteiger partial charge in [0.15, 0.2) is 6.23 Å². The van der Waals surface area contributed by atoms with Crippen LogP contribution < -0.4 is 5.32 Å². The maximum atomic E-state index is 10.3. The van der Waals surface area contributed by atoms with Gasteiger partial charge in [0.25, 0.3) is 0 Å². The zero-order chi connectivity index (χ0) is 15.1. The van der Waals surface area contributed by atoms with Gasteiger partial charge in [-0.1, -0.05) is 42.5 Å². The molecular formula is C19H15NO2. The van der Waals surface area contributed by atoms with Gasteiger partial charge < -0.3 is 15.5 Å². The summed E-state index contributed by atoms with van der Waals surface area (Å²) in [6.07, 6.45) is 1.08. The van der Waals surface area contributed by atoms with Crippen molar-refractivity contribution in [2.45, 2.75) is 6.23 Å². The molecule has 1 unspecified atom stereocenters. The third-order valence-corrected chi connectivity index (χ3v) is 4.03. The molecule has 4 rings (SSSR count). The Morgan fingerprint density at radius 2 is 1.59 bits per heavy atom. The third-order valence-electron chi connectivity index (χ3n) is 4.03. The van der Waals surface area contributed by atoms with Crippen LogP contribution in [0.25, 0.3) is 22.4 Å². The highest BCUT2D eigenvalue weighted by Crippen LogP contribution is 2.37. The molecule has 0 fully saturated rings. The van der Waals surface area contributed by atoms with Crippen molar-refractivity contribution in [1.29, 1.82) is 0 Å². The number of hydrogen-bond acceptors (Lipinski definition) is 3. The predicted octanol–water partition coefficient (Wildman–Crippen LogP) is 3.83. The zero-order valence-electron chi connectivity index (χ0n) is 11.8. The molecule has 1 aliphatic heterocycles. The highest BCUT2D eigenvalue weighted by molar-refractivity contribution is 5.96. The zero-order valence-corrected chi connectivity index (χ0v) is 11.8. The van der Waals surface area contributed by atoms with Gasteiger partial charge in [-0.15, -0.1) is 0 Å². The molecule has 0 bridgehead atoms. The molecule has 1 atom stereocenters. The van der Waals surface area contributed by atoms with Crippen molar-refractivity contribution < 1.29 is 10.2 Å². The number of fused-ring (bicyclic) bond motifs is 2. The van der Waals surface area contributed by atoms with E-state index in [9.17, 15) is 10.2 Å². The molecule has 0 radical (unpaired) electrons. The quantitative estimate of drug-likeness (QED) is 0.638. The Hall–Kier alpha value is -2.78. The van der Waals surface area contributed by atoms with E-state index in [2.05, 4.69) is 5.32 Å². The van der Waals surface area contributed by atoms with E-state index in [0.717, 1.165) is 27.6 Å². The van der Waals surface area contributed by atoms with Crippen molar-refractivity contribution in [2.24, 2.45) is 0 Å². The number of phenols is 1. The van der Waals surface area contributed by atoms with Gasteiger partial charge in [0.05, 0.1) is 0 Å². The van der Waals surface area contributed by atoms with Gasteiger partial charge in [-0.05, 0) is 35.0 Å². The van der Waals surface area contributed by atoms with E-state index in [0.29, 0.717) is 5.56 Å². The van der Waals surface area contributed by atoms with Crippen molar-refractivity contribution >= 4 is 28.1 Å². The number of aliphatic hydroxyl groups excluding tert-OH is 1. The van der Waals surface area contributed by atoms with Crippen molar-refractivity contribution in [3.63, 3.8) is 0 Å². The summed E-state index contributed by atoms with van der Waals surface area (Å²) in [7, 11) is 0. The molecule has 3 N–H and O–H groups in total. The second kappa shape index (κ2) is 4.90. The SMILES string of the molecule is Oc1cc2ccccc2cc1C=C1c2ccccc2NC1O. The van der Waals surface area contributed by atoms with E-state index < -0.39 is 6.23 Å². The molecule has 0 aliphatic carbocycles. The van der Waals surface area contributed by atoms with E-state index in [1.54, 1.807) is 6.07 Å². The highest BCUT2D eigenvalue weighted by atomic mass is 16.3. The summed E-state index contributed by atoms with van der Waals surface area (Å²) in [6, 6.07) is 19.3. The summed E-state index contributed by atoms with van der Waals surface area (Å²) in [4.78, 5) is 0. The number of aromatic hydroxyl groups is 1. The largest absolute Gasteiger partial charge is 0.507 e. The molecule has 0 aromatic heterocycles. The smallest absolute Gasteiger partial charge is 0.151 e. The number of para-hydroxylation sites is 1. The van der Waals surface area contributed by atoms with Crippen LogP contribution in [-0.2, 0) is 0 Å². The minimum Gasteiger partial charge on any atom is -0.507 e. The summed E-state index contributed by atoms with van der Waals surface area (Å²) < 4.78 is 0. The number of phenolic OH excluding ortho intramolecular Hbond substituents is 1. The summed E-state index contributed by atoms with van der Waals surface area (Å²) >= 11 is 0. The molecule has 1 aliphatic rings. The standard InChI is InChI=1S/C19H15NO2/c21-18-11-13-6-2-1-5-12(13)9-14(18)10-16-15-7-3-4-8-17(15)20-19(16)22/h1-11,19-22H. The lowest BCUT2D eigenvalue weighted by molar-refractivity contribution is 0.266. The van der Waals surface area contributed by atoms with Gasteiger partial charge in [0.2, 0.25) is 0 Å². The van der Waals surface area contributed by atoms with E-state index in [-0.39, 0.29) is 5.75 Å².